The number of carboxylic acid groups (broad SMARTS) is 2. The Morgan fingerprint density at radius 2 is 1.14 bits per heavy atom. The molecular weight excluding hydrogens is 456 g/mol. The molecule has 35 heavy (non-hydrogen) atoms. The number of rotatable bonds is 13. The van der Waals surface area contributed by atoms with Crippen LogP contribution < -0.4 is 21.7 Å². The number of carboxylic acids is 2. The third-order valence-corrected chi connectivity index (χ3v) is 5.03. The topological polar surface area (TPSA) is 188 Å². The SMILES string of the molecule is NCC(=O)NC(CC(=O)O)C(=O)NC(Cc1ccccc1)C(=O)NC(Cc1ccccc1)C(=O)O. The van der Waals surface area contributed by atoms with Crippen molar-refractivity contribution in [1.82, 2.24) is 16.0 Å². The van der Waals surface area contributed by atoms with Gasteiger partial charge in [0, 0.05) is 12.8 Å². The Balaban J connectivity index is 2.23. The number of benzene rings is 2. The molecule has 3 unspecified atom stereocenters. The Hall–Kier alpha value is -4.25. The summed E-state index contributed by atoms with van der Waals surface area (Å²) in [5, 5.41) is 25.8. The average Bonchev–Trinajstić information content (AvgIpc) is 2.83. The predicted octanol–water partition coefficient (Wildman–Crippen LogP) is -0.556. The minimum Gasteiger partial charge on any atom is -0.481 e. The summed E-state index contributed by atoms with van der Waals surface area (Å²) < 4.78 is 0. The Morgan fingerprint density at radius 3 is 1.60 bits per heavy atom. The Bertz CT molecular complexity index is 1030. The van der Waals surface area contributed by atoms with E-state index < -0.39 is 60.8 Å². The monoisotopic (exact) mass is 484 g/mol. The Labute approximate surface area is 201 Å². The first kappa shape index (κ1) is 27.0. The lowest BCUT2D eigenvalue weighted by Crippen LogP contribution is -2.57. The van der Waals surface area contributed by atoms with Gasteiger partial charge < -0.3 is 31.9 Å². The van der Waals surface area contributed by atoms with Gasteiger partial charge >= 0.3 is 11.9 Å². The molecule has 2 aromatic rings. The van der Waals surface area contributed by atoms with E-state index in [1.165, 1.54) is 0 Å². The molecule has 2 rings (SSSR count). The maximum atomic E-state index is 13.1. The van der Waals surface area contributed by atoms with Crippen molar-refractivity contribution in [1.29, 1.82) is 0 Å². The molecule has 2 aromatic carbocycles. The molecule has 0 spiro atoms. The van der Waals surface area contributed by atoms with Crippen LogP contribution in [0.3, 0.4) is 0 Å². The lowest BCUT2D eigenvalue weighted by Gasteiger charge is -2.24. The van der Waals surface area contributed by atoms with Gasteiger partial charge in [-0.25, -0.2) is 4.79 Å². The second-order valence-corrected chi connectivity index (χ2v) is 7.76. The van der Waals surface area contributed by atoms with Gasteiger partial charge in [-0.2, -0.15) is 0 Å². The Morgan fingerprint density at radius 1 is 0.686 bits per heavy atom. The minimum atomic E-state index is -1.48. The van der Waals surface area contributed by atoms with Crippen LogP contribution >= 0.6 is 0 Å². The number of carbonyl (C=O) groups excluding carboxylic acids is 3. The van der Waals surface area contributed by atoms with Crippen LogP contribution in [0.1, 0.15) is 17.5 Å². The highest BCUT2D eigenvalue weighted by molar-refractivity contribution is 5.95. The first-order chi connectivity index (χ1) is 16.7. The smallest absolute Gasteiger partial charge is 0.326 e. The van der Waals surface area contributed by atoms with Crippen LogP contribution in [-0.2, 0) is 36.8 Å². The Kier molecular flexibility index (Phi) is 10.4. The van der Waals surface area contributed by atoms with E-state index in [1.807, 2.05) is 0 Å². The first-order valence-electron chi connectivity index (χ1n) is 10.8. The fraction of sp³-hybridized carbons (Fsp3) is 0.292. The van der Waals surface area contributed by atoms with Crippen LogP contribution in [0.2, 0.25) is 0 Å². The number of aliphatic carboxylic acids is 2. The van der Waals surface area contributed by atoms with E-state index in [9.17, 15) is 29.1 Å². The maximum absolute atomic E-state index is 13.1. The molecule has 11 nitrogen and oxygen atoms in total. The van der Waals surface area contributed by atoms with Gasteiger partial charge in [-0.1, -0.05) is 60.7 Å². The van der Waals surface area contributed by atoms with E-state index in [-0.39, 0.29) is 12.8 Å². The molecule has 0 saturated heterocycles. The van der Waals surface area contributed by atoms with Crippen LogP contribution in [0.15, 0.2) is 60.7 Å². The summed E-state index contributed by atoms with van der Waals surface area (Å²) in [6.45, 7) is -0.461. The second-order valence-electron chi connectivity index (χ2n) is 7.76. The number of carbonyl (C=O) groups is 5. The van der Waals surface area contributed by atoms with Crippen LogP contribution in [0.25, 0.3) is 0 Å². The molecule has 3 atom stereocenters. The fourth-order valence-electron chi connectivity index (χ4n) is 3.29. The van der Waals surface area contributed by atoms with Crippen molar-refractivity contribution < 1.29 is 34.2 Å². The summed E-state index contributed by atoms with van der Waals surface area (Å²) >= 11 is 0. The fourth-order valence-corrected chi connectivity index (χ4v) is 3.29. The zero-order valence-electron chi connectivity index (χ0n) is 18.8. The van der Waals surface area contributed by atoms with Crippen molar-refractivity contribution in [3.63, 3.8) is 0 Å². The van der Waals surface area contributed by atoms with E-state index in [1.54, 1.807) is 60.7 Å². The van der Waals surface area contributed by atoms with Gasteiger partial charge in [-0.05, 0) is 11.1 Å². The predicted molar refractivity (Wildman–Crippen MR) is 125 cm³/mol. The summed E-state index contributed by atoms with van der Waals surface area (Å²) in [6.07, 6.45) is -0.716. The molecule has 0 aliphatic rings. The molecule has 0 heterocycles. The number of hydrogen-bond donors (Lipinski definition) is 6. The molecule has 7 N–H and O–H groups in total. The van der Waals surface area contributed by atoms with Crippen molar-refractivity contribution in [2.45, 2.75) is 37.4 Å². The van der Waals surface area contributed by atoms with Gasteiger partial charge in [-0.15, -0.1) is 0 Å². The molecule has 186 valence electrons. The standard InChI is InChI=1S/C24H28N4O7/c25-14-20(29)26-18(13-21(30)31)23(33)27-17(11-15-7-3-1-4-8-15)22(32)28-19(24(34)35)12-16-9-5-2-6-10-16/h1-10,17-19H,11-14,25H2,(H,26,29)(H,27,33)(H,28,32)(H,30,31)(H,34,35). The molecule has 0 aliphatic heterocycles. The molecule has 0 aromatic heterocycles. The lowest BCUT2D eigenvalue weighted by molar-refractivity contribution is -0.143. The summed E-state index contributed by atoms with van der Waals surface area (Å²) in [6, 6.07) is 13.4. The summed E-state index contributed by atoms with van der Waals surface area (Å²) in [5.74, 6) is -5.04. The third-order valence-electron chi connectivity index (χ3n) is 5.03. The first-order valence-corrected chi connectivity index (χ1v) is 10.8. The van der Waals surface area contributed by atoms with Crippen molar-refractivity contribution in [3.05, 3.63) is 71.8 Å². The van der Waals surface area contributed by atoms with Gasteiger partial charge in [0.1, 0.15) is 18.1 Å². The van der Waals surface area contributed by atoms with Crippen LogP contribution in [0, 0.1) is 0 Å². The van der Waals surface area contributed by atoms with Crippen LogP contribution in [-0.4, -0.2) is 64.5 Å². The zero-order chi connectivity index (χ0) is 25.8. The number of nitrogens with one attached hydrogen (secondary N) is 3. The minimum absolute atomic E-state index is 0.000710. The van der Waals surface area contributed by atoms with Gasteiger partial charge in [0.25, 0.3) is 0 Å². The highest BCUT2D eigenvalue weighted by atomic mass is 16.4. The van der Waals surface area contributed by atoms with Crippen molar-refractivity contribution in [2.24, 2.45) is 5.73 Å². The highest BCUT2D eigenvalue weighted by Crippen LogP contribution is 2.08. The van der Waals surface area contributed by atoms with Crippen molar-refractivity contribution in [3.8, 4) is 0 Å². The quantitative estimate of drug-likeness (QED) is 0.218. The molecule has 0 radical (unpaired) electrons. The van der Waals surface area contributed by atoms with E-state index in [2.05, 4.69) is 16.0 Å². The molecule has 0 fully saturated rings. The van der Waals surface area contributed by atoms with E-state index in [0.717, 1.165) is 0 Å². The number of hydrogen-bond acceptors (Lipinski definition) is 6. The van der Waals surface area contributed by atoms with Gasteiger partial charge in [-0.3, -0.25) is 19.2 Å². The molecular formula is C24H28N4O7. The van der Waals surface area contributed by atoms with Crippen molar-refractivity contribution >= 4 is 29.7 Å². The van der Waals surface area contributed by atoms with Crippen LogP contribution in [0.5, 0.6) is 0 Å². The summed E-state index contributed by atoms with van der Waals surface area (Å²) in [4.78, 5) is 60.6. The summed E-state index contributed by atoms with van der Waals surface area (Å²) in [7, 11) is 0. The molecule has 3 amide bonds. The van der Waals surface area contributed by atoms with Crippen molar-refractivity contribution in [2.75, 3.05) is 6.54 Å². The van der Waals surface area contributed by atoms with E-state index in [4.69, 9.17) is 10.8 Å². The zero-order valence-corrected chi connectivity index (χ0v) is 18.8. The molecule has 0 aliphatic carbocycles. The third kappa shape index (κ3) is 9.26. The van der Waals surface area contributed by atoms with E-state index >= 15 is 0 Å². The highest BCUT2D eigenvalue weighted by Gasteiger charge is 2.30. The summed E-state index contributed by atoms with van der Waals surface area (Å²) in [5.41, 5.74) is 6.60. The normalized spacial score (nSPS) is 13.1. The number of amides is 3. The van der Waals surface area contributed by atoms with Crippen LogP contribution in [0.4, 0.5) is 0 Å². The van der Waals surface area contributed by atoms with Gasteiger partial charge in [0.05, 0.1) is 13.0 Å². The lowest BCUT2D eigenvalue weighted by atomic mass is 10.0. The van der Waals surface area contributed by atoms with E-state index in [0.29, 0.717) is 11.1 Å². The molecule has 11 heteroatoms. The average molecular weight is 485 g/mol. The molecule has 0 saturated carbocycles. The van der Waals surface area contributed by atoms with Gasteiger partial charge in [0.15, 0.2) is 0 Å². The second kappa shape index (κ2) is 13.5. The van der Waals surface area contributed by atoms with Gasteiger partial charge in [0.2, 0.25) is 17.7 Å². The maximum Gasteiger partial charge on any atom is 0.326 e. The molecule has 0 bridgehead atoms. The largest absolute Gasteiger partial charge is 0.481 e. The number of nitrogens with two attached hydrogens (primary N) is 1.